The van der Waals surface area contributed by atoms with Gasteiger partial charge in [0.15, 0.2) is 0 Å². The van der Waals surface area contributed by atoms with E-state index in [1.807, 2.05) is 253 Å². The normalized spacial score (nSPS) is 21.6. The first-order valence-electron chi connectivity index (χ1n) is 50.9. The first-order chi connectivity index (χ1) is 71.1. The second kappa shape index (κ2) is 41.6. The number of aromatic nitrogens is 4. The molecule has 20 rings (SSSR count). The number of carbonyl (C=O) groups excluding carboxylic acids is 14. The largest absolute Gasteiger partial charge is 0.411 e. The van der Waals surface area contributed by atoms with Crippen molar-refractivity contribution in [3.8, 4) is 6.07 Å². The first-order valence-corrected chi connectivity index (χ1v) is 50.9. The lowest BCUT2D eigenvalue weighted by Crippen LogP contribution is -2.52. The number of para-hydroxylation sites is 4. The molecule has 4 spiro atoms. The molecule has 12 heterocycles. The first kappa shape index (κ1) is 104. The maximum absolute atomic E-state index is 14.0. The number of rotatable bonds is 23. The van der Waals surface area contributed by atoms with E-state index in [0.29, 0.717) is 54.9 Å². The molecule has 8 aliphatic rings. The molecule has 12 atom stereocenters. The second-order valence-electron chi connectivity index (χ2n) is 42.9. The third kappa shape index (κ3) is 19.1. The number of aryl methyl sites for hydroxylation is 4. The van der Waals surface area contributed by atoms with Crippen LogP contribution in [0.25, 0.3) is 43.6 Å². The highest BCUT2D eigenvalue weighted by atomic mass is 16.4. The van der Waals surface area contributed by atoms with Crippen molar-refractivity contribution in [1.29, 1.82) is 5.26 Å². The molecule has 33 heteroatoms. The quantitative estimate of drug-likeness (QED) is 0.0124. The number of nitriles is 1. The van der Waals surface area contributed by atoms with E-state index in [-0.39, 0.29) is 140 Å². The Morgan fingerprint density at radius 1 is 0.362 bits per heavy atom. The van der Waals surface area contributed by atoms with Crippen molar-refractivity contribution in [2.75, 3.05) is 74.0 Å². The Hall–Kier alpha value is -16.1. The summed E-state index contributed by atoms with van der Waals surface area (Å²) in [6.45, 7) is 24.2. The van der Waals surface area contributed by atoms with Crippen molar-refractivity contribution in [3.05, 3.63) is 261 Å². The van der Waals surface area contributed by atoms with Crippen LogP contribution in [0.5, 0.6) is 0 Å². The van der Waals surface area contributed by atoms with Crippen LogP contribution in [0.2, 0.25) is 0 Å². The number of hydrogen-bond acceptors (Lipinski definition) is 17. The topological polar surface area (TPSA) is 433 Å². The number of aromatic amines is 4. The maximum Gasteiger partial charge on any atom is 0.268 e. The third-order valence-corrected chi connectivity index (χ3v) is 31.1. The van der Waals surface area contributed by atoms with Crippen LogP contribution in [0.1, 0.15) is 193 Å². The Kier molecular flexibility index (Phi) is 29.1. The minimum atomic E-state index is -0.965. The summed E-state index contributed by atoms with van der Waals surface area (Å²) in [5.74, 6) is -2.80. The number of nitrogens with zero attached hydrogens (tertiary/aromatic N) is 10. The molecule has 4 saturated heterocycles. The zero-order chi connectivity index (χ0) is 107. The summed E-state index contributed by atoms with van der Waals surface area (Å²) in [7, 11) is 6.91. The number of likely N-dealkylation sites (N-methyl/N-ethyl adjacent to an activating group) is 4. The highest BCUT2D eigenvalue weighted by Gasteiger charge is 2.63. The Balaban J connectivity index is 0.000000135. The number of oxime groups is 1. The van der Waals surface area contributed by atoms with Gasteiger partial charge < -0.3 is 95.2 Å². The highest BCUT2D eigenvalue weighted by molar-refractivity contribution is 6.14. The molecular weight excluding hydrogens is 1890 g/mol. The summed E-state index contributed by atoms with van der Waals surface area (Å²) in [4.78, 5) is 212. The maximum atomic E-state index is 14.0. The van der Waals surface area contributed by atoms with Gasteiger partial charge in [-0.05, 0) is 214 Å². The molecule has 12 amide bonds. The van der Waals surface area contributed by atoms with Gasteiger partial charge in [0.2, 0.25) is 47.3 Å². The van der Waals surface area contributed by atoms with E-state index >= 15 is 0 Å². The fourth-order valence-corrected chi connectivity index (χ4v) is 23.7. The van der Waals surface area contributed by atoms with E-state index in [1.165, 1.54) is 20.9 Å². The van der Waals surface area contributed by atoms with Gasteiger partial charge >= 0.3 is 0 Å². The van der Waals surface area contributed by atoms with Crippen LogP contribution in [0.3, 0.4) is 0 Å². The van der Waals surface area contributed by atoms with Gasteiger partial charge in [-0.3, -0.25) is 57.5 Å². The molecular formula is C116H128N18O15. The Morgan fingerprint density at radius 3 is 0.839 bits per heavy atom. The average molecular weight is 2010 g/mol. The molecule has 0 aliphatic carbocycles. The SMILES string of the molecule is Cc1cccc2[nH]c(C(=O)N[C@@H](CC(C)C)C(=O)N3C[C@]4(C[C@H]3C#N)C(=O)N(C)c3ccccc34)cc12.Cc1cccc2[nH]c(C(=O)N[C@@H](CC(C)C)C(=O)N3C[C@]4(C[C@H]3C=NO)C(=O)N(C)c3ccccc34)cc12.Cc1cccc2[nH]c(C(=O)N[C@@H](CC(C)C)C(=O)N3C[C@]4(C[C@H]3C=O)C(=O)N(C)c3ccccc34)cc12.Cc1cccc2[nH]c(C(=O)N[C@@H](CC(C)C)C(=O)N3C[C@]4(C[C@H]3C=O)C(=O)N(C)c3ccccc34)cc12. The Morgan fingerprint density at radius 2 is 0.597 bits per heavy atom. The predicted octanol–water partition coefficient (Wildman–Crippen LogP) is 13.9. The molecule has 0 radical (unpaired) electrons. The molecule has 4 aromatic heterocycles. The fraction of sp³-hybridized carbons (Fsp3) is 0.379. The van der Waals surface area contributed by atoms with Crippen LogP contribution >= 0.6 is 0 Å². The van der Waals surface area contributed by atoms with Gasteiger partial charge in [0, 0.05) is 127 Å². The monoisotopic (exact) mass is 2010 g/mol. The average Bonchev–Trinajstić information content (AvgIpc) is 1.58. The predicted molar refractivity (Wildman–Crippen MR) is 570 cm³/mol. The Bertz CT molecular complexity index is 7230. The van der Waals surface area contributed by atoms with Crippen molar-refractivity contribution in [3.63, 3.8) is 0 Å². The van der Waals surface area contributed by atoms with Crippen molar-refractivity contribution in [1.82, 2.24) is 60.8 Å². The van der Waals surface area contributed by atoms with E-state index in [2.05, 4.69) is 52.4 Å². The van der Waals surface area contributed by atoms with Gasteiger partial charge in [0.05, 0.1) is 52.1 Å². The number of likely N-dealkylation sites (tertiary alicyclic amines) is 4. The van der Waals surface area contributed by atoms with Crippen LogP contribution in [0.4, 0.5) is 22.7 Å². The molecule has 8 aliphatic heterocycles. The van der Waals surface area contributed by atoms with Crippen LogP contribution in [-0.2, 0) is 69.6 Å². The number of amides is 12. The number of benzene rings is 8. The summed E-state index contributed by atoms with van der Waals surface area (Å²) in [5, 5.41) is 38.1. The van der Waals surface area contributed by atoms with Crippen molar-refractivity contribution >= 4 is 156 Å². The lowest BCUT2D eigenvalue weighted by atomic mass is 9.79. The molecule has 33 nitrogen and oxygen atoms in total. The summed E-state index contributed by atoms with van der Waals surface area (Å²) >= 11 is 0. The van der Waals surface area contributed by atoms with E-state index in [1.54, 1.807) is 77.0 Å². The van der Waals surface area contributed by atoms with Gasteiger partial charge in [0.25, 0.3) is 23.6 Å². The number of aldehydes is 2. The fourth-order valence-electron chi connectivity index (χ4n) is 23.7. The smallest absolute Gasteiger partial charge is 0.268 e. The number of anilines is 4. The molecule has 0 saturated carbocycles. The lowest BCUT2D eigenvalue weighted by molar-refractivity contribution is -0.137. The molecule has 149 heavy (non-hydrogen) atoms. The zero-order valence-corrected chi connectivity index (χ0v) is 86.8. The lowest BCUT2D eigenvalue weighted by Gasteiger charge is -2.29. The molecule has 12 aromatic rings. The summed E-state index contributed by atoms with van der Waals surface area (Å²) in [5.41, 5.74) is 11.9. The number of hydrogen-bond donors (Lipinski definition) is 9. The van der Waals surface area contributed by atoms with Gasteiger partial charge in [-0.2, -0.15) is 5.26 Å². The minimum absolute atomic E-state index is 0.0942. The van der Waals surface area contributed by atoms with E-state index in [0.717, 1.165) is 123 Å². The summed E-state index contributed by atoms with van der Waals surface area (Å²) in [6.07, 6.45) is 5.42. The molecule has 0 unspecified atom stereocenters. The van der Waals surface area contributed by atoms with E-state index in [9.17, 15) is 77.6 Å². The standard InChI is InChI=1S/C29H33N5O4.C29H31N5O3.2C29H32N4O4/c1-17(2)12-24(32-26(35)23-13-20-18(3)8-7-10-22(20)31-23)27(36)34-16-29(14-19(34)15-30-38)21-9-5-6-11-25(21)33(4)28(29)37;1-17(2)12-24(32-26(35)23-13-20-18(3)8-7-10-22(20)31-23)27(36)34-16-29(14-19(34)15-30)21-9-5-6-11-25(21)33(4)28(29)37;2*1-17(2)12-24(31-26(35)23-13-20-18(3)8-7-10-22(20)30-23)27(36)33-16-29(14-19(33)15-34)21-9-5-6-11-25(21)32(4)28(29)37/h5-11,13,15,17,19,24,31,38H,12,14,16H2,1-4H3,(H,32,35);5-11,13,17,19,24,31H,12,14,16H2,1-4H3,(H,32,35);2*5-11,13,15,17,19,24,30H,12,14,16H2,1-4H3,(H,31,35)/t4*19-,24-,29-/m0000/s1. The molecule has 4 fully saturated rings. The van der Waals surface area contributed by atoms with Crippen molar-refractivity contribution in [2.45, 2.75) is 204 Å². The van der Waals surface area contributed by atoms with Gasteiger partial charge in [0.1, 0.15) is 65.6 Å². The van der Waals surface area contributed by atoms with Crippen LogP contribution < -0.4 is 40.9 Å². The number of H-pyrrole nitrogens is 4. The zero-order valence-electron chi connectivity index (χ0n) is 86.8. The summed E-state index contributed by atoms with van der Waals surface area (Å²) < 4.78 is 0. The summed E-state index contributed by atoms with van der Waals surface area (Å²) in [6, 6.07) is 56.7. The van der Waals surface area contributed by atoms with E-state index in [4.69, 9.17) is 0 Å². The van der Waals surface area contributed by atoms with Crippen LogP contribution in [-0.4, -0.2) is 237 Å². The highest BCUT2D eigenvalue weighted by Crippen LogP contribution is 2.54. The molecule has 772 valence electrons. The van der Waals surface area contributed by atoms with Crippen LogP contribution in [0, 0.1) is 62.7 Å². The molecule has 8 aromatic carbocycles. The third-order valence-electron chi connectivity index (χ3n) is 31.1. The van der Waals surface area contributed by atoms with Crippen molar-refractivity contribution in [2.24, 2.45) is 28.8 Å². The number of carbonyl (C=O) groups is 14. The molecule has 9 N–H and O–H groups in total. The van der Waals surface area contributed by atoms with Crippen molar-refractivity contribution < 1.29 is 72.3 Å². The number of nitrogens with one attached hydrogen (secondary N) is 8. The molecule has 0 bridgehead atoms. The van der Waals surface area contributed by atoms with E-state index < -0.39 is 70.0 Å². The van der Waals surface area contributed by atoms with Gasteiger partial charge in [-0.1, -0.05) is 182 Å². The van der Waals surface area contributed by atoms with Gasteiger partial charge in [-0.25, -0.2) is 0 Å². The van der Waals surface area contributed by atoms with Gasteiger partial charge in [-0.15, -0.1) is 0 Å². The number of fused-ring (bicyclic) bond motifs is 12. The second-order valence-corrected chi connectivity index (χ2v) is 42.9. The Labute approximate surface area is 864 Å². The minimum Gasteiger partial charge on any atom is -0.411 e. The van der Waals surface area contributed by atoms with Crippen LogP contribution in [0.15, 0.2) is 199 Å².